The molecule has 1 aliphatic heterocycles. The molecule has 0 radical (unpaired) electrons. The maximum Gasteiger partial charge on any atom is 0.210 e. The second kappa shape index (κ2) is 5.54. The van der Waals surface area contributed by atoms with E-state index in [1.807, 2.05) is 29.2 Å². The van der Waals surface area contributed by atoms with Crippen LogP contribution < -0.4 is 4.90 Å². The van der Waals surface area contributed by atoms with Gasteiger partial charge in [-0.05, 0) is 49.9 Å². The number of carbonyl (C=O) groups is 1. The average Bonchev–Trinajstić information content (AvgIpc) is 3.34. The number of rotatable bonds is 4. The summed E-state index contributed by atoms with van der Waals surface area (Å²) in [6, 6.07) is 10.8. The van der Waals surface area contributed by atoms with Gasteiger partial charge in [0.1, 0.15) is 0 Å². The maximum atomic E-state index is 11.2. The third-order valence-corrected chi connectivity index (χ3v) is 4.34. The molecule has 3 rings (SSSR count). The highest BCUT2D eigenvalue weighted by atomic mass is 16.1. The van der Waals surface area contributed by atoms with E-state index in [4.69, 9.17) is 5.26 Å². The quantitative estimate of drug-likeness (QED) is 0.787. The van der Waals surface area contributed by atoms with Crippen LogP contribution in [0.2, 0.25) is 0 Å². The predicted molar refractivity (Wildman–Crippen MR) is 77.3 cm³/mol. The largest absolute Gasteiger partial charge is 0.371 e. The molecule has 0 atom stereocenters. The van der Waals surface area contributed by atoms with E-state index in [2.05, 4.69) is 11.0 Å². The van der Waals surface area contributed by atoms with Crippen LogP contribution in [0, 0.1) is 11.3 Å². The van der Waals surface area contributed by atoms with E-state index >= 15 is 0 Å². The summed E-state index contributed by atoms with van der Waals surface area (Å²) in [5.41, 5.74) is 1.87. The van der Waals surface area contributed by atoms with Gasteiger partial charge in [-0.15, -0.1) is 0 Å². The number of carbonyl (C=O) groups excluding carboxylic acids is 1. The fourth-order valence-electron chi connectivity index (χ4n) is 3.01. The molecule has 4 heteroatoms. The van der Waals surface area contributed by atoms with Gasteiger partial charge in [-0.1, -0.05) is 0 Å². The number of anilines is 1. The van der Waals surface area contributed by atoms with Crippen LogP contribution in [-0.2, 0) is 4.79 Å². The zero-order valence-corrected chi connectivity index (χ0v) is 11.5. The molecular formula is C16H19N3O. The van der Waals surface area contributed by atoms with Crippen molar-refractivity contribution in [1.29, 1.82) is 5.26 Å². The van der Waals surface area contributed by atoms with Crippen molar-refractivity contribution >= 4 is 12.1 Å². The van der Waals surface area contributed by atoms with Crippen molar-refractivity contribution in [1.82, 2.24) is 4.90 Å². The molecule has 4 nitrogen and oxygen atoms in total. The van der Waals surface area contributed by atoms with Crippen molar-refractivity contribution in [3.63, 3.8) is 0 Å². The van der Waals surface area contributed by atoms with E-state index in [9.17, 15) is 4.79 Å². The lowest BCUT2D eigenvalue weighted by Gasteiger charge is -2.38. The molecule has 1 aliphatic carbocycles. The lowest BCUT2D eigenvalue weighted by Crippen LogP contribution is -2.45. The minimum atomic E-state index is 0.412. The highest BCUT2D eigenvalue weighted by Gasteiger charge is 2.34. The van der Waals surface area contributed by atoms with Crippen molar-refractivity contribution in [2.75, 3.05) is 18.0 Å². The third kappa shape index (κ3) is 2.62. The molecule has 2 aliphatic rings. The molecule has 1 saturated carbocycles. The number of nitriles is 1. The van der Waals surface area contributed by atoms with Gasteiger partial charge in [0.2, 0.25) is 6.41 Å². The SMILES string of the molecule is N#Cc1ccc(N2CCC(N(C=O)C3CC3)CC2)cc1. The molecular weight excluding hydrogens is 250 g/mol. The topological polar surface area (TPSA) is 47.3 Å². The summed E-state index contributed by atoms with van der Waals surface area (Å²) in [7, 11) is 0. The molecule has 2 fully saturated rings. The first-order chi connectivity index (χ1) is 9.81. The number of amides is 1. The summed E-state index contributed by atoms with van der Waals surface area (Å²) in [6.45, 7) is 1.96. The smallest absolute Gasteiger partial charge is 0.210 e. The van der Waals surface area contributed by atoms with Gasteiger partial charge in [-0.3, -0.25) is 4.79 Å². The van der Waals surface area contributed by atoms with Crippen molar-refractivity contribution in [2.45, 2.75) is 37.8 Å². The second-order valence-corrected chi connectivity index (χ2v) is 5.66. The average molecular weight is 269 g/mol. The summed E-state index contributed by atoms with van der Waals surface area (Å²) < 4.78 is 0. The van der Waals surface area contributed by atoms with E-state index < -0.39 is 0 Å². The minimum Gasteiger partial charge on any atom is -0.371 e. The fourth-order valence-corrected chi connectivity index (χ4v) is 3.01. The Balaban J connectivity index is 1.60. The molecule has 1 saturated heterocycles. The Morgan fingerprint density at radius 1 is 1.10 bits per heavy atom. The Morgan fingerprint density at radius 2 is 1.70 bits per heavy atom. The van der Waals surface area contributed by atoms with Crippen LogP contribution in [0.4, 0.5) is 5.69 Å². The summed E-state index contributed by atoms with van der Waals surface area (Å²) in [5, 5.41) is 8.82. The molecule has 0 N–H and O–H groups in total. The van der Waals surface area contributed by atoms with Crippen molar-refractivity contribution in [3.05, 3.63) is 29.8 Å². The molecule has 1 aromatic carbocycles. The van der Waals surface area contributed by atoms with Crippen LogP contribution in [0.15, 0.2) is 24.3 Å². The number of nitrogens with zero attached hydrogens (tertiary/aromatic N) is 3. The predicted octanol–water partition coefficient (Wildman–Crippen LogP) is 2.15. The van der Waals surface area contributed by atoms with Crippen LogP contribution in [-0.4, -0.2) is 36.5 Å². The number of benzene rings is 1. The van der Waals surface area contributed by atoms with Gasteiger partial charge in [-0.25, -0.2) is 0 Å². The first-order valence-electron chi connectivity index (χ1n) is 7.29. The molecule has 0 unspecified atom stereocenters. The van der Waals surface area contributed by atoms with Gasteiger partial charge in [-0.2, -0.15) is 5.26 Å². The zero-order chi connectivity index (χ0) is 13.9. The molecule has 0 spiro atoms. The molecule has 20 heavy (non-hydrogen) atoms. The first-order valence-corrected chi connectivity index (χ1v) is 7.29. The Labute approximate surface area is 119 Å². The number of hydrogen-bond acceptors (Lipinski definition) is 3. The Kier molecular flexibility index (Phi) is 3.60. The zero-order valence-electron chi connectivity index (χ0n) is 11.5. The van der Waals surface area contributed by atoms with Gasteiger partial charge in [0.15, 0.2) is 0 Å². The number of piperidine rings is 1. The molecule has 0 bridgehead atoms. The second-order valence-electron chi connectivity index (χ2n) is 5.66. The van der Waals surface area contributed by atoms with Crippen molar-refractivity contribution < 1.29 is 4.79 Å². The Hall–Kier alpha value is -2.02. The van der Waals surface area contributed by atoms with Gasteiger partial charge in [0.05, 0.1) is 11.6 Å². The summed E-state index contributed by atoms with van der Waals surface area (Å²) in [4.78, 5) is 15.6. The Bertz CT molecular complexity index is 508. The highest BCUT2D eigenvalue weighted by molar-refractivity contribution is 5.51. The lowest BCUT2D eigenvalue weighted by molar-refractivity contribution is -0.121. The summed E-state index contributed by atoms with van der Waals surface area (Å²) in [6.07, 6.45) is 5.47. The van der Waals surface area contributed by atoms with Gasteiger partial charge < -0.3 is 9.80 Å². The third-order valence-electron chi connectivity index (χ3n) is 4.34. The molecule has 1 amide bonds. The fraction of sp³-hybridized carbons (Fsp3) is 0.500. The molecule has 0 aromatic heterocycles. The number of hydrogen-bond donors (Lipinski definition) is 0. The van der Waals surface area contributed by atoms with E-state index in [1.54, 1.807) is 0 Å². The van der Waals surface area contributed by atoms with Crippen molar-refractivity contribution in [3.8, 4) is 6.07 Å². The van der Waals surface area contributed by atoms with Crippen LogP contribution >= 0.6 is 0 Å². The molecule has 104 valence electrons. The highest BCUT2D eigenvalue weighted by Crippen LogP contribution is 2.31. The van der Waals surface area contributed by atoms with E-state index in [0.29, 0.717) is 17.6 Å². The normalized spacial score (nSPS) is 19.4. The lowest BCUT2D eigenvalue weighted by atomic mass is 10.0. The minimum absolute atomic E-state index is 0.412. The van der Waals surface area contributed by atoms with E-state index in [1.165, 1.54) is 18.5 Å². The summed E-state index contributed by atoms with van der Waals surface area (Å²) in [5.74, 6) is 0. The maximum absolute atomic E-state index is 11.2. The molecule has 1 heterocycles. The van der Waals surface area contributed by atoms with Crippen molar-refractivity contribution in [2.24, 2.45) is 0 Å². The monoisotopic (exact) mass is 269 g/mol. The van der Waals surface area contributed by atoms with Gasteiger partial charge >= 0.3 is 0 Å². The van der Waals surface area contributed by atoms with Crippen LogP contribution in [0.25, 0.3) is 0 Å². The summed E-state index contributed by atoms with van der Waals surface area (Å²) >= 11 is 0. The van der Waals surface area contributed by atoms with Crippen LogP contribution in [0.3, 0.4) is 0 Å². The van der Waals surface area contributed by atoms with Gasteiger partial charge in [0, 0.05) is 30.9 Å². The molecule has 1 aromatic rings. The Morgan fingerprint density at radius 3 is 2.20 bits per heavy atom. The first kappa shape index (κ1) is 13.0. The van der Waals surface area contributed by atoms with Crippen LogP contribution in [0.5, 0.6) is 0 Å². The van der Waals surface area contributed by atoms with Gasteiger partial charge in [0.25, 0.3) is 0 Å². The van der Waals surface area contributed by atoms with E-state index in [0.717, 1.165) is 32.3 Å². The van der Waals surface area contributed by atoms with Crippen LogP contribution in [0.1, 0.15) is 31.2 Å². The van der Waals surface area contributed by atoms with E-state index in [-0.39, 0.29) is 0 Å². The standard InChI is InChI=1S/C16H19N3O/c17-11-13-1-3-14(4-2-13)18-9-7-16(8-10-18)19(12-20)15-5-6-15/h1-4,12,15-16H,5-10H2.